The average Bonchev–Trinajstić information content (AvgIpc) is 3.19. The molecular formula is C29H36N2O7. The van der Waals surface area contributed by atoms with Gasteiger partial charge < -0.3 is 33.9 Å². The fourth-order valence-electron chi connectivity index (χ4n) is 4.91. The highest BCUT2D eigenvalue weighted by Crippen LogP contribution is 2.42. The Labute approximate surface area is 223 Å². The lowest BCUT2D eigenvalue weighted by Gasteiger charge is -2.29. The smallest absolute Gasteiger partial charge is 0.295 e. The SMILES string of the molecule is CCOc1ccc(C2/C(=C(\[O-])c3ccc4c(c3)OCCO4)C(=O)C(=O)N2CC[NH+](CC)CC)cc1OCC. The first-order valence-electron chi connectivity index (χ1n) is 13.3. The number of likely N-dealkylation sites (N-methyl/N-ethyl adjacent to an activating group) is 1. The Kier molecular flexibility index (Phi) is 8.78. The number of carbonyl (C=O) groups excluding carboxylic acids is 2. The van der Waals surface area contributed by atoms with E-state index in [9.17, 15) is 14.7 Å². The van der Waals surface area contributed by atoms with Crippen LogP contribution in [-0.2, 0) is 9.59 Å². The molecule has 2 heterocycles. The quantitative estimate of drug-likeness (QED) is 0.269. The van der Waals surface area contributed by atoms with Crippen LogP contribution in [0.3, 0.4) is 0 Å². The van der Waals surface area contributed by atoms with E-state index in [1.165, 1.54) is 9.80 Å². The molecule has 0 aliphatic carbocycles. The number of ketones is 1. The van der Waals surface area contributed by atoms with Gasteiger partial charge in [0.05, 0.1) is 45.4 Å². The molecule has 4 rings (SSSR count). The number of Topliss-reactive ketones (excluding diaryl/α,β-unsaturated/α-hetero) is 1. The number of hydrogen-bond donors (Lipinski definition) is 1. The van der Waals surface area contributed by atoms with E-state index in [4.69, 9.17) is 18.9 Å². The summed E-state index contributed by atoms with van der Waals surface area (Å²) in [5.41, 5.74) is 0.807. The predicted octanol–water partition coefficient (Wildman–Crippen LogP) is 1.40. The lowest BCUT2D eigenvalue weighted by Crippen LogP contribution is -3.12. The monoisotopic (exact) mass is 524 g/mol. The van der Waals surface area contributed by atoms with Crippen LogP contribution in [0.2, 0.25) is 0 Å². The molecular weight excluding hydrogens is 488 g/mol. The Morgan fingerprint density at radius 2 is 1.63 bits per heavy atom. The lowest BCUT2D eigenvalue weighted by atomic mass is 9.94. The van der Waals surface area contributed by atoms with Crippen LogP contribution < -0.4 is 29.0 Å². The van der Waals surface area contributed by atoms with Gasteiger partial charge in [0.2, 0.25) is 5.78 Å². The van der Waals surface area contributed by atoms with Gasteiger partial charge in [0, 0.05) is 5.57 Å². The number of benzene rings is 2. The van der Waals surface area contributed by atoms with Crippen molar-refractivity contribution < 1.29 is 38.5 Å². The first-order valence-corrected chi connectivity index (χ1v) is 13.3. The van der Waals surface area contributed by atoms with Gasteiger partial charge in [-0.1, -0.05) is 17.9 Å². The maximum Gasteiger partial charge on any atom is 0.295 e. The molecule has 204 valence electrons. The zero-order valence-electron chi connectivity index (χ0n) is 22.5. The third-order valence-electron chi connectivity index (χ3n) is 6.92. The first kappa shape index (κ1) is 27.3. The number of amides is 1. The summed E-state index contributed by atoms with van der Waals surface area (Å²) in [5, 5.41) is 13.9. The van der Waals surface area contributed by atoms with Crippen LogP contribution in [0, 0.1) is 0 Å². The van der Waals surface area contributed by atoms with Crippen molar-refractivity contribution in [3.05, 3.63) is 53.1 Å². The second-order valence-corrected chi connectivity index (χ2v) is 9.11. The summed E-state index contributed by atoms with van der Waals surface area (Å²) in [6.07, 6.45) is 0. The molecule has 38 heavy (non-hydrogen) atoms. The zero-order valence-corrected chi connectivity index (χ0v) is 22.5. The van der Waals surface area contributed by atoms with Crippen LogP contribution in [0.4, 0.5) is 0 Å². The lowest BCUT2D eigenvalue weighted by molar-refractivity contribution is -0.895. The topological polar surface area (TPSA) is 102 Å². The molecule has 1 atom stereocenters. The highest BCUT2D eigenvalue weighted by atomic mass is 16.6. The van der Waals surface area contributed by atoms with Crippen molar-refractivity contribution in [2.75, 3.05) is 52.6 Å². The van der Waals surface area contributed by atoms with E-state index in [0.717, 1.165) is 13.1 Å². The highest BCUT2D eigenvalue weighted by Gasteiger charge is 2.44. The third kappa shape index (κ3) is 5.43. The summed E-state index contributed by atoms with van der Waals surface area (Å²) in [7, 11) is 0. The molecule has 1 saturated heterocycles. The summed E-state index contributed by atoms with van der Waals surface area (Å²) in [6.45, 7) is 12.3. The van der Waals surface area contributed by atoms with E-state index in [0.29, 0.717) is 68.1 Å². The van der Waals surface area contributed by atoms with Gasteiger partial charge in [-0.05, 0) is 63.1 Å². The van der Waals surface area contributed by atoms with Crippen molar-refractivity contribution >= 4 is 17.4 Å². The minimum absolute atomic E-state index is 0.0761. The molecule has 1 amide bonds. The molecule has 2 aromatic carbocycles. The molecule has 0 radical (unpaired) electrons. The van der Waals surface area contributed by atoms with Gasteiger partial charge >= 0.3 is 0 Å². The number of nitrogens with zero attached hydrogens (tertiary/aromatic N) is 1. The first-order chi connectivity index (χ1) is 18.4. The van der Waals surface area contributed by atoms with E-state index in [1.54, 1.807) is 36.4 Å². The summed E-state index contributed by atoms with van der Waals surface area (Å²) >= 11 is 0. The van der Waals surface area contributed by atoms with E-state index < -0.39 is 23.5 Å². The van der Waals surface area contributed by atoms with Gasteiger partial charge in [-0.25, -0.2) is 0 Å². The van der Waals surface area contributed by atoms with Crippen molar-refractivity contribution in [1.82, 2.24) is 4.90 Å². The number of likely N-dealkylation sites (tertiary alicyclic amines) is 1. The minimum atomic E-state index is -0.847. The zero-order chi connectivity index (χ0) is 27.2. The van der Waals surface area contributed by atoms with E-state index in [2.05, 4.69) is 13.8 Å². The van der Waals surface area contributed by atoms with Crippen LogP contribution in [0.15, 0.2) is 42.0 Å². The second kappa shape index (κ2) is 12.2. The Morgan fingerprint density at radius 3 is 2.32 bits per heavy atom. The second-order valence-electron chi connectivity index (χ2n) is 9.11. The van der Waals surface area contributed by atoms with Crippen molar-refractivity contribution in [2.24, 2.45) is 0 Å². The average molecular weight is 525 g/mol. The molecule has 1 fully saturated rings. The van der Waals surface area contributed by atoms with Crippen LogP contribution in [0.1, 0.15) is 44.9 Å². The number of fused-ring (bicyclic) bond motifs is 1. The Hall–Kier alpha value is -3.72. The van der Waals surface area contributed by atoms with Crippen LogP contribution in [-0.4, -0.2) is 69.2 Å². The van der Waals surface area contributed by atoms with Gasteiger partial charge in [0.25, 0.3) is 5.91 Å². The molecule has 0 saturated carbocycles. The van der Waals surface area contributed by atoms with Crippen molar-refractivity contribution in [1.29, 1.82) is 0 Å². The van der Waals surface area contributed by atoms with Crippen molar-refractivity contribution in [3.63, 3.8) is 0 Å². The normalized spacial score (nSPS) is 18.2. The molecule has 2 aliphatic heterocycles. The number of rotatable bonds is 11. The summed E-state index contributed by atoms with van der Waals surface area (Å²) in [4.78, 5) is 29.5. The molecule has 1 unspecified atom stereocenters. The van der Waals surface area contributed by atoms with Crippen molar-refractivity contribution in [3.8, 4) is 23.0 Å². The number of quaternary nitrogens is 1. The van der Waals surface area contributed by atoms with Gasteiger partial charge in [-0.3, -0.25) is 9.59 Å². The molecule has 0 spiro atoms. The Balaban J connectivity index is 1.82. The Bertz CT molecular complexity index is 1210. The van der Waals surface area contributed by atoms with Crippen LogP contribution in [0.25, 0.3) is 5.76 Å². The Morgan fingerprint density at radius 1 is 0.947 bits per heavy atom. The highest BCUT2D eigenvalue weighted by molar-refractivity contribution is 6.46. The maximum absolute atomic E-state index is 13.9. The third-order valence-corrected chi connectivity index (χ3v) is 6.92. The molecule has 2 aliphatic rings. The van der Waals surface area contributed by atoms with Gasteiger partial charge in [0.15, 0.2) is 23.0 Å². The van der Waals surface area contributed by atoms with E-state index in [1.807, 2.05) is 13.8 Å². The summed E-state index contributed by atoms with van der Waals surface area (Å²) < 4.78 is 22.7. The number of nitrogens with one attached hydrogen (secondary N) is 1. The summed E-state index contributed by atoms with van der Waals surface area (Å²) in [6, 6.07) is 9.30. The standard InChI is InChI=1S/C29H36N2O7/c1-5-30(6-2)13-14-31-26(19-9-11-21(35-7-3)23(17-19)36-8-4)25(28(33)29(31)34)27(32)20-10-12-22-24(18-20)38-16-15-37-22/h9-12,17-18,26,32H,5-8,13-16H2,1-4H3/b27-25+. The van der Waals surface area contributed by atoms with Crippen molar-refractivity contribution in [2.45, 2.75) is 33.7 Å². The number of hydrogen-bond acceptors (Lipinski definition) is 7. The summed E-state index contributed by atoms with van der Waals surface area (Å²) in [5.74, 6) is 0.0877. The van der Waals surface area contributed by atoms with Gasteiger partial charge in [0.1, 0.15) is 13.2 Å². The molecule has 2 aromatic rings. The van der Waals surface area contributed by atoms with Crippen LogP contribution in [0.5, 0.6) is 23.0 Å². The predicted molar refractivity (Wildman–Crippen MR) is 140 cm³/mol. The van der Waals surface area contributed by atoms with Crippen LogP contribution >= 0.6 is 0 Å². The van der Waals surface area contributed by atoms with Gasteiger partial charge in [-0.15, -0.1) is 0 Å². The molecule has 0 aromatic heterocycles. The molecule has 0 bridgehead atoms. The molecule has 9 nitrogen and oxygen atoms in total. The fraction of sp³-hybridized carbons (Fsp3) is 0.448. The van der Waals surface area contributed by atoms with E-state index >= 15 is 0 Å². The number of carbonyl (C=O) groups is 2. The van der Waals surface area contributed by atoms with Gasteiger partial charge in [-0.2, -0.15) is 0 Å². The number of ether oxygens (including phenoxy) is 4. The largest absolute Gasteiger partial charge is 0.872 e. The molecule has 1 N–H and O–H groups in total. The minimum Gasteiger partial charge on any atom is -0.872 e. The molecule has 9 heteroatoms. The fourth-order valence-corrected chi connectivity index (χ4v) is 4.91. The maximum atomic E-state index is 13.9. The van der Waals surface area contributed by atoms with E-state index in [-0.39, 0.29) is 11.1 Å².